The SMILES string of the molecule is C=C1C(=O)OC2C1CCC1(C)CCC(OC(=O)c3cccc(F)c3)C(C)C21. The van der Waals surface area contributed by atoms with E-state index in [4.69, 9.17) is 9.47 Å². The second kappa shape index (κ2) is 6.47. The highest BCUT2D eigenvalue weighted by Crippen LogP contribution is 2.58. The van der Waals surface area contributed by atoms with E-state index >= 15 is 0 Å². The Labute approximate surface area is 158 Å². The van der Waals surface area contributed by atoms with E-state index in [9.17, 15) is 14.0 Å². The lowest BCUT2D eigenvalue weighted by Crippen LogP contribution is -2.53. The number of rotatable bonds is 2. The third-order valence-electron chi connectivity index (χ3n) is 7.01. The smallest absolute Gasteiger partial charge is 0.338 e. The maximum absolute atomic E-state index is 13.4. The maximum atomic E-state index is 13.4. The Hall–Kier alpha value is -2.17. The number of hydrogen-bond donors (Lipinski definition) is 0. The molecule has 1 aromatic rings. The summed E-state index contributed by atoms with van der Waals surface area (Å²) in [5.74, 6) is -1.02. The van der Waals surface area contributed by atoms with Crippen LogP contribution in [0.5, 0.6) is 0 Å². The summed E-state index contributed by atoms with van der Waals surface area (Å²) in [7, 11) is 0. The van der Waals surface area contributed by atoms with E-state index in [2.05, 4.69) is 20.4 Å². The van der Waals surface area contributed by atoms with E-state index in [1.54, 1.807) is 6.07 Å². The number of esters is 2. The largest absolute Gasteiger partial charge is 0.458 e. The normalized spacial score (nSPS) is 38.0. The van der Waals surface area contributed by atoms with Crippen LogP contribution in [0.15, 0.2) is 36.4 Å². The molecule has 3 aliphatic rings. The summed E-state index contributed by atoms with van der Waals surface area (Å²) in [6.07, 6.45) is 3.16. The number of ether oxygens (including phenoxy) is 2. The van der Waals surface area contributed by atoms with Crippen LogP contribution < -0.4 is 0 Å². The molecule has 0 radical (unpaired) electrons. The molecule has 0 amide bonds. The predicted molar refractivity (Wildman–Crippen MR) is 97.3 cm³/mol. The average Bonchev–Trinajstić information content (AvgIpc) is 2.91. The van der Waals surface area contributed by atoms with Crippen LogP contribution in [0.4, 0.5) is 4.39 Å². The van der Waals surface area contributed by atoms with Crippen molar-refractivity contribution in [1.29, 1.82) is 0 Å². The summed E-state index contributed by atoms with van der Waals surface area (Å²) in [6.45, 7) is 8.25. The fraction of sp³-hybridized carbons (Fsp3) is 0.545. The van der Waals surface area contributed by atoms with Crippen LogP contribution in [0, 0.1) is 29.0 Å². The minimum absolute atomic E-state index is 0.0489. The second-order valence-electron chi connectivity index (χ2n) is 8.57. The zero-order valence-electron chi connectivity index (χ0n) is 15.7. The third-order valence-corrected chi connectivity index (χ3v) is 7.01. The molecule has 27 heavy (non-hydrogen) atoms. The monoisotopic (exact) mass is 372 g/mol. The van der Waals surface area contributed by atoms with Crippen LogP contribution in [0.3, 0.4) is 0 Å². The van der Waals surface area contributed by atoms with Gasteiger partial charge >= 0.3 is 11.9 Å². The van der Waals surface area contributed by atoms with Crippen molar-refractivity contribution < 1.29 is 23.5 Å². The first-order valence-corrected chi connectivity index (χ1v) is 9.66. The van der Waals surface area contributed by atoms with E-state index in [-0.39, 0.29) is 46.9 Å². The van der Waals surface area contributed by atoms with Crippen LogP contribution >= 0.6 is 0 Å². The number of fused-ring (bicyclic) bond motifs is 3. The van der Waals surface area contributed by atoms with Gasteiger partial charge in [-0.25, -0.2) is 14.0 Å². The average molecular weight is 372 g/mol. The van der Waals surface area contributed by atoms with Crippen LogP contribution in [-0.4, -0.2) is 24.1 Å². The Morgan fingerprint density at radius 2 is 2.07 bits per heavy atom. The first-order valence-electron chi connectivity index (χ1n) is 9.66. The van der Waals surface area contributed by atoms with Crippen molar-refractivity contribution in [3.8, 4) is 0 Å². The summed E-state index contributed by atoms with van der Waals surface area (Å²) in [6, 6.07) is 5.55. The molecule has 6 unspecified atom stereocenters. The first kappa shape index (κ1) is 18.2. The fourth-order valence-corrected chi connectivity index (χ4v) is 5.52. The molecule has 6 atom stereocenters. The van der Waals surface area contributed by atoms with Gasteiger partial charge < -0.3 is 9.47 Å². The van der Waals surface area contributed by atoms with E-state index in [0.29, 0.717) is 5.57 Å². The minimum atomic E-state index is -0.505. The van der Waals surface area contributed by atoms with Crippen molar-refractivity contribution in [2.45, 2.75) is 51.7 Å². The number of hydrogen-bond acceptors (Lipinski definition) is 4. The van der Waals surface area contributed by atoms with Gasteiger partial charge in [0.1, 0.15) is 18.0 Å². The molecule has 1 heterocycles. The van der Waals surface area contributed by atoms with Gasteiger partial charge in [-0.05, 0) is 49.3 Å². The first-order chi connectivity index (χ1) is 12.8. The topological polar surface area (TPSA) is 52.6 Å². The molecular weight excluding hydrogens is 347 g/mol. The zero-order chi connectivity index (χ0) is 19.3. The molecule has 2 saturated carbocycles. The minimum Gasteiger partial charge on any atom is -0.458 e. The quantitative estimate of drug-likeness (QED) is 0.574. The van der Waals surface area contributed by atoms with Crippen molar-refractivity contribution in [2.24, 2.45) is 23.2 Å². The molecule has 0 spiro atoms. The van der Waals surface area contributed by atoms with Crippen LogP contribution in [-0.2, 0) is 14.3 Å². The van der Waals surface area contributed by atoms with Gasteiger partial charge in [0.15, 0.2) is 0 Å². The van der Waals surface area contributed by atoms with Gasteiger partial charge in [-0.2, -0.15) is 0 Å². The predicted octanol–water partition coefficient (Wildman–Crippen LogP) is 4.30. The van der Waals surface area contributed by atoms with Gasteiger partial charge in [-0.3, -0.25) is 0 Å². The van der Waals surface area contributed by atoms with Crippen LogP contribution in [0.1, 0.15) is 49.9 Å². The Bertz CT molecular complexity index is 803. The van der Waals surface area contributed by atoms with Gasteiger partial charge in [0.25, 0.3) is 0 Å². The number of carbonyl (C=O) groups excluding carboxylic acids is 2. The van der Waals surface area contributed by atoms with Crippen molar-refractivity contribution in [2.75, 3.05) is 0 Å². The summed E-state index contributed by atoms with van der Waals surface area (Å²) in [5, 5.41) is 0. The summed E-state index contributed by atoms with van der Waals surface area (Å²) in [5.41, 5.74) is 0.860. The Morgan fingerprint density at radius 1 is 1.33 bits per heavy atom. The van der Waals surface area contributed by atoms with Crippen LogP contribution in [0.2, 0.25) is 0 Å². The Morgan fingerprint density at radius 3 is 2.81 bits per heavy atom. The molecule has 4 rings (SSSR count). The molecule has 0 N–H and O–H groups in total. The van der Waals surface area contributed by atoms with Crippen molar-refractivity contribution in [3.05, 3.63) is 47.8 Å². The molecule has 1 aromatic carbocycles. The lowest BCUT2D eigenvalue weighted by Gasteiger charge is -2.54. The molecule has 144 valence electrons. The summed E-state index contributed by atoms with van der Waals surface area (Å²) >= 11 is 0. The van der Waals surface area contributed by atoms with Crippen molar-refractivity contribution in [3.63, 3.8) is 0 Å². The van der Waals surface area contributed by atoms with Crippen molar-refractivity contribution >= 4 is 11.9 Å². The number of carbonyl (C=O) groups is 2. The molecule has 5 heteroatoms. The van der Waals surface area contributed by atoms with Gasteiger partial charge in [-0.1, -0.05) is 26.5 Å². The van der Waals surface area contributed by atoms with E-state index in [1.165, 1.54) is 18.2 Å². The van der Waals surface area contributed by atoms with Gasteiger partial charge in [0, 0.05) is 23.3 Å². The van der Waals surface area contributed by atoms with Crippen molar-refractivity contribution in [1.82, 2.24) is 0 Å². The highest BCUT2D eigenvalue weighted by atomic mass is 19.1. The number of benzene rings is 1. The lowest BCUT2D eigenvalue weighted by molar-refractivity contribution is -0.159. The fourth-order valence-electron chi connectivity index (χ4n) is 5.52. The molecule has 0 aromatic heterocycles. The molecular formula is C22H25FO4. The molecule has 1 aliphatic heterocycles. The Kier molecular flexibility index (Phi) is 4.36. The zero-order valence-corrected chi connectivity index (χ0v) is 15.7. The van der Waals surface area contributed by atoms with Gasteiger partial charge in [0.05, 0.1) is 5.56 Å². The lowest BCUT2D eigenvalue weighted by atomic mass is 9.53. The van der Waals surface area contributed by atoms with E-state index in [1.807, 2.05) is 0 Å². The molecule has 2 aliphatic carbocycles. The molecule has 4 nitrogen and oxygen atoms in total. The third kappa shape index (κ3) is 2.97. The highest BCUT2D eigenvalue weighted by molar-refractivity contribution is 5.91. The van der Waals surface area contributed by atoms with E-state index in [0.717, 1.165) is 25.7 Å². The molecule has 1 saturated heterocycles. The molecule has 3 fully saturated rings. The standard InChI is InChI=1S/C22H25FO4/c1-12-16-7-9-22(3)10-8-17(13(2)18(22)19(16)27-20(12)24)26-21(25)14-5-4-6-15(23)11-14/h4-6,11,13,16-19H,1,7-10H2,2-3H3. The Balaban J connectivity index is 1.55. The van der Waals surface area contributed by atoms with Crippen LogP contribution in [0.25, 0.3) is 0 Å². The molecule has 0 bridgehead atoms. The van der Waals surface area contributed by atoms with E-state index < -0.39 is 11.8 Å². The summed E-state index contributed by atoms with van der Waals surface area (Å²) < 4.78 is 24.9. The highest BCUT2D eigenvalue weighted by Gasteiger charge is 2.58. The summed E-state index contributed by atoms with van der Waals surface area (Å²) in [4.78, 5) is 24.6. The maximum Gasteiger partial charge on any atom is 0.338 e. The number of halogens is 1. The second-order valence-corrected chi connectivity index (χ2v) is 8.57. The van der Waals surface area contributed by atoms with Gasteiger partial charge in [-0.15, -0.1) is 0 Å². The van der Waals surface area contributed by atoms with Gasteiger partial charge in [0.2, 0.25) is 0 Å².